The van der Waals surface area contributed by atoms with Gasteiger partial charge in [-0.25, -0.2) is 10.1 Å². The zero-order valence-corrected chi connectivity index (χ0v) is 25.5. The van der Waals surface area contributed by atoms with Gasteiger partial charge >= 0.3 is 5.97 Å². The van der Waals surface area contributed by atoms with Crippen LogP contribution in [-0.2, 0) is 23.4 Å². The van der Waals surface area contributed by atoms with E-state index in [1.165, 1.54) is 21.3 Å². The van der Waals surface area contributed by atoms with Crippen LogP contribution in [0.25, 0.3) is 22.3 Å². The Morgan fingerprint density at radius 3 is 2.29 bits per heavy atom. The molecule has 2 N–H and O–H groups in total. The highest BCUT2D eigenvalue weighted by molar-refractivity contribution is 7.56. The van der Waals surface area contributed by atoms with Crippen LogP contribution in [0.15, 0.2) is 29.1 Å². The van der Waals surface area contributed by atoms with Gasteiger partial charge in [-0.2, -0.15) is 0 Å². The summed E-state index contributed by atoms with van der Waals surface area (Å²) >= 11 is 0. The van der Waals surface area contributed by atoms with Gasteiger partial charge < -0.3 is 33.2 Å². The van der Waals surface area contributed by atoms with Crippen molar-refractivity contribution in [1.29, 1.82) is 0 Å². The number of nitrogens with one attached hydrogen (secondary N) is 2. The highest BCUT2D eigenvalue weighted by Crippen LogP contribution is 2.42. The second-order valence-corrected chi connectivity index (χ2v) is 11.8. The number of rotatable bonds is 14. The Labute approximate surface area is 239 Å². The lowest BCUT2D eigenvalue weighted by Crippen LogP contribution is -2.36. The first-order chi connectivity index (χ1) is 19.4. The van der Waals surface area contributed by atoms with Crippen molar-refractivity contribution in [2.24, 2.45) is 0 Å². The van der Waals surface area contributed by atoms with Gasteiger partial charge in [0.1, 0.15) is 47.5 Å². The molecule has 0 bridgehead atoms. The number of esters is 1. The number of aryl methyl sites for hydroxylation is 2. The number of nitrogens with zero attached hydrogens (tertiary/aromatic N) is 1. The Balaban J connectivity index is 1.74. The van der Waals surface area contributed by atoms with E-state index in [2.05, 4.69) is 15.1 Å². The number of fused-ring (bicyclic) bond motifs is 1. The Kier molecular flexibility index (Phi) is 10.9. The van der Waals surface area contributed by atoms with Crippen molar-refractivity contribution in [3.63, 3.8) is 0 Å². The van der Waals surface area contributed by atoms with E-state index in [9.17, 15) is 14.2 Å². The van der Waals surface area contributed by atoms with Gasteiger partial charge in [-0.3, -0.25) is 14.2 Å². The number of aromatic nitrogens is 2. The van der Waals surface area contributed by atoms with Crippen LogP contribution in [0.3, 0.4) is 0 Å². The van der Waals surface area contributed by atoms with Gasteiger partial charge in [0, 0.05) is 24.8 Å². The van der Waals surface area contributed by atoms with Crippen LogP contribution in [0.5, 0.6) is 17.2 Å². The molecule has 0 saturated heterocycles. The van der Waals surface area contributed by atoms with E-state index >= 15 is 0 Å². The standard InChI is InChI=1S/C28H38N3O9P/c1-16(2)40-28(33)19(5)31-41(34,15-35-6)39-10-9-38-25-17(3)11-20(12-18(25)4)26-29-22-13-21(36-7)14-23(37-8)24(22)27(32)30-26/h11-14,16,19H,9-10,15H2,1-8H3,(H,31,34)(H,29,30,32)/t19-,41?/m0/s1. The van der Waals surface area contributed by atoms with E-state index in [4.69, 9.17) is 28.2 Å². The zero-order chi connectivity index (χ0) is 30.3. The Morgan fingerprint density at radius 2 is 1.71 bits per heavy atom. The number of ether oxygens (including phenoxy) is 5. The number of hydrogen-bond acceptors (Lipinski definition) is 10. The lowest BCUT2D eigenvalue weighted by atomic mass is 10.0. The molecule has 0 spiro atoms. The minimum Gasteiger partial charge on any atom is -0.497 e. The molecular formula is C28H38N3O9P. The highest BCUT2D eigenvalue weighted by Gasteiger charge is 2.29. The highest BCUT2D eigenvalue weighted by atomic mass is 31.2. The van der Waals surface area contributed by atoms with E-state index in [1.807, 2.05) is 26.0 Å². The molecule has 0 saturated carbocycles. The third-order valence-corrected chi connectivity index (χ3v) is 7.94. The van der Waals surface area contributed by atoms with Gasteiger partial charge in [0.25, 0.3) is 13.1 Å². The molecule has 1 unspecified atom stereocenters. The van der Waals surface area contributed by atoms with Crippen LogP contribution in [0.1, 0.15) is 31.9 Å². The average Bonchev–Trinajstić information content (AvgIpc) is 2.90. The first kappa shape index (κ1) is 32.1. The summed E-state index contributed by atoms with van der Waals surface area (Å²) in [7, 11) is 0.889. The van der Waals surface area contributed by atoms with Crippen LogP contribution < -0.4 is 24.9 Å². The van der Waals surface area contributed by atoms with Crippen molar-refractivity contribution >= 4 is 24.4 Å². The maximum atomic E-state index is 13.2. The fourth-order valence-electron chi connectivity index (χ4n) is 4.23. The molecule has 0 amide bonds. The van der Waals surface area contributed by atoms with Crippen LogP contribution in [0.2, 0.25) is 0 Å². The molecular weight excluding hydrogens is 553 g/mol. The fraction of sp³-hybridized carbons (Fsp3) is 0.464. The minimum atomic E-state index is -3.52. The second kappa shape index (κ2) is 14.0. The maximum Gasteiger partial charge on any atom is 0.323 e. The molecule has 0 fully saturated rings. The summed E-state index contributed by atoms with van der Waals surface area (Å²) in [5.41, 5.74) is 2.40. The van der Waals surface area contributed by atoms with Crippen LogP contribution in [0, 0.1) is 13.8 Å². The first-order valence-corrected chi connectivity index (χ1v) is 14.8. The van der Waals surface area contributed by atoms with Gasteiger partial charge in [-0.15, -0.1) is 0 Å². The molecule has 0 aliphatic heterocycles. The molecule has 2 atom stereocenters. The minimum absolute atomic E-state index is 0.0244. The predicted octanol–water partition coefficient (Wildman–Crippen LogP) is 4.35. The van der Waals surface area contributed by atoms with Crippen LogP contribution in [0.4, 0.5) is 0 Å². The summed E-state index contributed by atoms with van der Waals surface area (Å²) in [4.78, 5) is 32.5. The molecule has 0 radical (unpaired) electrons. The molecule has 41 heavy (non-hydrogen) atoms. The second-order valence-electron chi connectivity index (χ2n) is 9.69. The quantitative estimate of drug-likeness (QED) is 0.157. The number of methoxy groups -OCH3 is 3. The number of H-pyrrole nitrogens is 1. The Hall–Kier alpha value is -3.44. The van der Waals surface area contributed by atoms with E-state index in [0.29, 0.717) is 39.5 Å². The number of benzene rings is 2. The third-order valence-electron chi connectivity index (χ3n) is 5.96. The summed E-state index contributed by atoms with van der Waals surface area (Å²) in [5.74, 6) is 1.35. The monoisotopic (exact) mass is 591 g/mol. The van der Waals surface area contributed by atoms with Crippen LogP contribution in [-0.4, -0.2) is 69.0 Å². The molecule has 13 heteroatoms. The average molecular weight is 592 g/mol. The van der Waals surface area contributed by atoms with Gasteiger partial charge in [0.2, 0.25) is 0 Å². The van der Waals surface area contributed by atoms with Gasteiger partial charge in [0.15, 0.2) is 0 Å². The summed E-state index contributed by atoms with van der Waals surface area (Å²) < 4.78 is 45.6. The SMILES string of the molecule is COCP(=O)(N[C@@H](C)C(=O)OC(C)C)OCCOc1c(C)cc(-c2nc3cc(OC)cc(OC)c3c(=O)[nH]2)cc1C. The molecule has 2 aromatic carbocycles. The zero-order valence-electron chi connectivity index (χ0n) is 24.7. The summed E-state index contributed by atoms with van der Waals surface area (Å²) in [6.45, 7) is 8.82. The van der Waals surface area contributed by atoms with Crippen molar-refractivity contribution in [2.45, 2.75) is 46.8 Å². The maximum absolute atomic E-state index is 13.2. The van der Waals surface area contributed by atoms with E-state index in [0.717, 1.165) is 11.1 Å². The van der Waals surface area contributed by atoms with E-state index < -0.39 is 19.5 Å². The van der Waals surface area contributed by atoms with Crippen molar-refractivity contribution in [1.82, 2.24) is 15.1 Å². The molecule has 0 aliphatic rings. The van der Waals surface area contributed by atoms with E-state index in [1.54, 1.807) is 32.9 Å². The predicted molar refractivity (Wildman–Crippen MR) is 155 cm³/mol. The van der Waals surface area contributed by atoms with Crippen molar-refractivity contribution in [2.75, 3.05) is 40.9 Å². The van der Waals surface area contributed by atoms with Crippen LogP contribution >= 0.6 is 7.52 Å². The fourth-order valence-corrected chi connectivity index (χ4v) is 5.86. The summed E-state index contributed by atoms with van der Waals surface area (Å²) in [6.07, 6.45) is -0.529. The third kappa shape index (κ3) is 8.07. The van der Waals surface area contributed by atoms with Gasteiger partial charge in [-0.05, 0) is 57.9 Å². The smallest absolute Gasteiger partial charge is 0.323 e. The number of carbonyl (C=O) groups excluding carboxylic acids is 1. The van der Waals surface area contributed by atoms with Gasteiger partial charge in [0.05, 0.1) is 32.4 Å². The van der Waals surface area contributed by atoms with E-state index in [-0.39, 0.29) is 31.2 Å². The lowest BCUT2D eigenvalue weighted by Gasteiger charge is -2.23. The molecule has 224 valence electrons. The lowest BCUT2D eigenvalue weighted by molar-refractivity contribution is -0.149. The molecule has 3 aromatic rings. The molecule has 1 heterocycles. The Bertz CT molecular complexity index is 1470. The van der Waals surface area contributed by atoms with Crippen molar-refractivity contribution in [3.8, 4) is 28.6 Å². The topological polar surface area (TPSA) is 147 Å². The molecule has 0 aliphatic carbocycles. The number of aromatic amines is 1. The van der Waals surface area contributed by atoms with Gasteiger partial charge in [-0.1, -0.05) is 0 Å². The molecule has 12 nitrogen and oxygen atoms in total. The number of hydrogen-bond donors (Lipinski definition) is 2. The largest absolute Gasteiger partial charge is 0.497 e. The summed E-state index contributed by atoms with van der Waals surface area (Å²) in [6, 6.07) is 6.16. The van der Waals surface area contributed by atoms with Crippen molar-refractivity contribution in [3.05, 3.63) is 45.7 Å². The Morgan fingerprint density at radius 1 is 1.02 bits per heavy atom. The number of carbonyl (C=O) groups is 1. The molecule has 3 rings (SSSR count). The first-order valence-electron chi connectivity index (χ1n) is 13.0. The normalized spacial score (nSPS) is 13.6. The summed E-state index contributed by atoms with van der Waals surface area (Å²) in [5, 5.41) is 3.04. The van der Waals surface area contributed by atoms with Crippen molar-refractivity contribution < 1.29 is 37.6 Å². The molecule has 1 aromatic heterocycles.